The van der Waals surface area contributed by atoms with E-state index >= 15 is 0 Å². The van der Waals surface area contributed by atoms with Gasteiger partial charge < -0.3 is 18.9 Å². The summed E-state index contributed by atoms with van der Waals surface area (Å²) in [6, 6.07) is 3.59. The van der Waals surface area contributed by atoms with E-state index in [9.17, 15) is 9.59 Å². The molecule has 6 heteroatoms. The lowest BCUT2D eigenvalue weighted by Gasteiger charge is -2.36. The molecule has 1 aromatic carbocycles. The highest BCUT2D eigenvalue weighted by atomic mass is 16.5. The highest BCUT2D eigenvalue weighted by Gasteiger charge is 2.42. The first-order valence-corrected chi connectivity index (χ1v) is 8.56. The molecule has 0 bridgehead atoms. The number of Topliss-reactive ketones (excluding diaryl/α,β-unsaturated/α-hetero) is 1. The van der Waals surface area contributed by atoms with Crippen LogP contribution in [0.1, 0.15) is 44.6 Å². The van der Waals surface area contributed by atoms with E-state index in [1.54, 1.807) is 12.1 Å². The second kappa shape index (κ2) is 6.67. The third-order valence-corrected chi connectivity index (χ3v) is 4.92. The lowest BCUT2D eigenvalue weighted by molar-refractivity contribution is -0.142. The van der Waals surface area contributed by atoms with Gasteiger partial charge in [0.15, 0.2) is 17.3 Å². The van der Waals surface area contributed by atoms with Crippen LogP contribution >= 0.6 is 0 Å². The molecule has 0 unspecified atom stereocenters. The zero-order valence-electron chi connectivity index (χ0n) is 15.8. The van der Waals surface area contributed by atoms with Crippen LogP contribution in [0.5, 0.6) is 17.2 Å². The van der Waals surface area contributed by atoms with Crippen molar-refractivity contribution in [1.82, 2.24) is 0 Å². The Bertz CT molecular complexity index is 764. The normalized spacial score (nSPS) is 21.8. The molecule has 0 aromatic heterocycles. The predicted octanol–water partition coefficient (Wildman–Crippen LogP) is 3.39. The molecule has 26 heavy (non-hydrogen) atoms. The van der Waals surface area contributed by atoms with Gasteiger partial charge in [-0.2, -0.15) is 0 Å². The monoisotopic (exact) mass is 360 g/mol. The standard InChI is InChI=1S/C20H24O6/c1-20(2)9-13(21)18-12(8-17(22)26-16(18)10-20)11-6-14(23-3)19(25-5)15(7-11)24-4/h6-7,12H,8-10H2,1-5H3/t12-/m0/s1. The molecule has 0 spiro atoms. The summed E-state index contributed by atoms with van der Waals surface area (Å²) in [5, 5.41) is 0. The summed E-state index contributed by atoms with van der Waals surface area (Å²) in [5.74, 6) is 1.29. The van der Waals surface area contributed by atoms with Gasteiger partial charge in [-0.3, -0.25) is 9.59 Å². The third-order valence-electron chi connectivity index (χ3n) is 4.92. The van der Waals surface area contributed by atoms with Crippen LogP contribution in [-0.4, -0.2) is 33.1 Å². The number of hydrogen-bond acceptors (Lipinski definition) is 6. The zero-order valence-corrected chi connectivity index (χ0v) is 15.8. The maximum atomic E-state index is 12.8. The Kier molecular flexibility index (Phi) is 4.69. The van der Waals surface area contributed by atoms with Crippen molar-refractivity contribution in [3.63, 3.8) is 0 Å². The molecule has 6 nitrogen and oxygen atoms in total. The highest BCUT2D eigenvalue weighted by molar-refractivity contribution is 6.00. The van der Waals surface area contributed by atoms with Crippen LogP contribution in [-0.2, 0) is 14.3 Å². The molecule has 1 aliphatic carbocycles. The van der Waals surface area contributed by atoms with Gasteiger partial charge in [0.2, 0.25) is 5.75 Å². The first-order chi connectivity index (χ1) is 12.3. The molecule has 0 radical (unpaired) electrons. The molecule has 1 aliphatic heterocycles. The molecule has 0 fully saturated rings. The van der Waals surface area contributed by atoms with Gasteiger partial charge in [-0.05, 0) is 23.1 Å². The maximum Gasteiger partial charge on any atom is 0.311 e. The summed E-state index contributed by atoms with van der Waals surface area (Å²) in [6.07, 6.45) is 1.12. The number of ether oxygens (including phenoxy) is 4. The number of rotatable bonds is 4. The maximum absolute atomic E-state index is 12.8. The summed E-state index contributed by atoms with van der Waals surface area (Å²) in [6.45, 7) is 4.01. The van der Waals surface area contributed by atoms with Crippen molar-refractivity contribution >= 4 is 11.8 Å². The molecule has 0 amide bonds. The summed E-state index contributed by atoms with van der Waals surface area (Å²) in [7, 11) is 4.61. The molecule has 3 rings (SSSR count). The van der Waals surface area contributed by atoms with Crippen molar-refractivity contribution in [3.8, 4) is 17.2 Å². The van der Waals surface area contributed by atoms with E-state index in [2.05, 4.69) is 0 Å². The molecular weight excluding hydrogens is 336 g/mol. The second-order valence-corrected chi connectivity index (χ2v) is 7.47. The van der Waals surface area contributed by atoms with Gasteiger partial charge in [0.05, 0.1) is 27.8 Å². The molecule has 2 aliphatic rings. The minimum Gasteiger partial charge on any atom is -0.493 e. The van der Waals surface area contributed by atoms with Crippen molar-refractivity contribution in [2.75, 3.05) is 21.3 Å². The van der Waals surface area contributed by atoms with E-state index in [1.165, 1.54) is 21.3 Å². The number of hydrogen-bond donors (Lipinski definition) is 0. The first kappa shape index (κ1) is 18.3. The fraction of sp³-hybridized carbons (Fsp3) is 0.500. The smallest absolute Gasteiger partial charge is 0.311 e. The van der Waals surface area contributed by atoms with Crippen molar-refractivity contribution in [3.05, 3.63) is 29.0 Å². The fourth-order valence-electron chi connectivity index (χ4n) is 3.79. The van der Waals surface area contributed by atoms with Crippen LogP contribution in [0.4, 0.5) is 0 Å². The van der Waals surface area contributed by atoms with Crippen LogP contribution < -0.4 is 14.2 Å². The van der Waals surface area contributed by atoms with E-state index in [0.29, 0.717) is 41.4 Å². The topological polar surface area (TPSA) is 71.1 Å². The predicted molar refractivity (Wildman–Crippen MR) is 94.6 cm³/mol. The molecular formula is C20H24O6. The second-order valence-electron chi connectivity index (χ2n) is 7.47. The number of allylic oxidation sites excluding steroid dienone is 2. The minimum absolute atomic E-state index is 0.0301. The average molecular weight is 360 g/mol. The lowest BCUT2D eigenvalue weighted by Crippen LogP contribution is -2.33. The minimum atomic E-state index is -0.372. The fourth-order valence-corrected chi connectivity index (χ4v) is 3.79. The van der Waals surface area contributed by atoms with Crippen LogP contribution in [0.3, 0.4) is 0 Å². The number of esters is 1. The largest absolute Gasteiger partial charge is 0.493 e. The average Bonchev–Trinajstić information content (AvgIpc) is 2.57. The van der Waals surface area contributed by atoms with Gasteiger partial charge in [-0.15, -0.1) is 0 Å². The summed E-state index contributed by atoms with van der Waals surface area (Å²) in [4.78, 5) is 25.0. The molecule has 140 valence electrons. The summed E-state index contributed by atoms with van der Waals surface area (Å²) in [5.41, 5.74) is 1.16. The van der Waals surface area contributed by atoms with Crippen LogP contribution in [0.2, 0.25) is 0 Å². The SMILES string of the molecule is COc1cc([C@@H]2CC(=O)OC3=C2C(=O)CC(C)(C)C3)cc(OC)c1OC. The van der Waals surface area contributed by atoms with Crippen LogP contribution in [0.25, 0.3) is 0 Å². The van der Waals surface area contributed by atoms with Gasteiger partial charge >= 0.3 is 5.97 Å². The lowest BCUT2D eigenvalue weighted by atomic mass is 9.71. The van der Waals surface area contributed by atoms with Crippen LogP contribution in [0, 0.1) is 5.41 Å². The molecule has 1 aromatic rings. The van der Waals surface area contributed by atoms with Crippen molar-refractivity contribution in [1.29, 1.82) is 0 Å². The van der Waals surface area contributed by atoms with E-state index in [1.807, 2.05) is 13.8 Å². The van der Waals surface area contributed by atoms with Crippen molar-refractivity contribution in [2.24, 2.45) is 5.41 Å². The molecule has 0 saturated heterocycles. The molecule has 0 saturated carbocycles. The Morgan fingerprint density at radius 3 is 2.15 bits per heavy atom. The van der Waals surface area contributed by atoms with E-state index in [4.69, 9.17) is 18.9 Å². The van der Waals surface area contributed by atoms with Gasteiger partial charge in [0.25, 0.3) is 0 Å². The molecule has 0 N–H and O–H groups in total. The number of ketones is 1. The number of carbonyl (C=O) groups excluding carboxylic acids is 2. The van der Waals surface area contributed by atoms with Gasteiger partial charge in [0.1, 0.15) is 5.76 Å². The number of methoxy groups -OCH3 is 3. The van der Waals surface area contributed by atoms with Crippen LogP contribution in [0.15, 0.2) is 23.5 Å². The third kappa shape index (κ3) is 3.16. The van der Waals surface area contributed by atoms with Gasteiger partial charge in [0, 0.05) is 24.3 Å². The van der Waals surface area contributed by atoms with Gasteiger partial charge in [-0.1, -0.05) is 13.8 Å². The Hall–Kier alpha value is -2.50. The van der Waals surface area contributed by atoms with E-state index in [0.717, 1.165) is 5.56 Å². The summed E-state index contributed by atoms with van der Waals surface area (Å²) < 4.78 is 21.6. The Balaban J connectivity index is 2.13. The van der Waals surface area contributed by atoms with Crippen molar-refractivity contribution < 1.29 is 28.5 Å². The number of carbonyl (C=O) groups is 2. The summed E-state index contributed by atoms with van der Waals surface area (Å²) >= 11 is 0. The number of benzene rings is 1. The molecule has 1 heterocycles. The Morgan fingerprint density at radius 1 is 1.00 bits per heavy atom. The quantitative estimate of drug-likeness (QED) is 0.767. The van der Waals surface area contributed by atoms with E-state index in [-0.39, 0.29) is 29.5 Å². The zero-order chi connectivity index (χ0) is 19.1. The van der Waals surface area contributed by atoms with Gasteiger partial charge in [-0.25, -0.2) is 0 Å². The Morgan fingerprint density at radius 2 is 1.62 bits per heavy atom. The first-order valence-electron chi connectivity index (χ1n) is 8.56. The molecule has 1 atom stereocenters. The van der Waals surface area contributed by atoms with E-state index < -0.39 is 0 Å². The highest BCUT2D eigenvalue weighted by Crippen LogP contribution is 2.48. The van der Waals surface area contributed by atoms with Crippen molar-refractivity contribution in [2.45, 2.75) is 39.0 Å². The Labute approximate surface area is 153 Å².